The van der Waals surface area contributed by atoms with E-state index in [0.717, 1.165) is 17.7 Å². The van der Waals surface area contributed by atoms with Gasteiger partial charge in [0.25, 0.3) is 0 Å². The Morgan fingerprint density at radius 3 is 3.12 bits per heavy atom. The molecule has 4 nitrogen and oxygen atoms in total. The zero-order valence-electron chi connectivity index (χ0n) is 9.34. The van der Waals surface area contributed by atoms with Crippen LogP contribution in [-0.2, 0) is 0 Å². The quantitative estimate of drug-likeness (QED) is 0.309. The lowest BCUT2D eigenvalue weighted by atomic mass is 10.2. The third-order valence-electron chi connectivity index (χ3n) is 1.94. The average molecular weight is 217 g/mol. The van der Waals surface area contributed by atoms with Crippen molar-refractivity contribution in [2.24, 2.45) is 5.11 Å². The molecule has 0 amide bonds. The highest BCUT2D eigenvalue weighted by Gasteiger charge is 1.92. The van der Waals surface area contributed by atoms with Crippen LogP contribution in [0.2, 0.25) is 0 Å². The molecule has 0 aliphatic carbocycles. The second-order valence-corrected chi connectivity index (χ2v) is 3.15. The minimum absolute atomic E-state index is 0.498. The summed E-state index contributed by atoms with van der Waals surface area (Å²) in [6, 6.07) is 7.87. The first-order chi connectivity index (χ1) is 7.86. The molecule has 0 bridgehead atoms. The summed E-state index contributed by atoms with van der Waals surface area (Å²) in [5.74, 6) is 0.875. The van der Waals surface area contributed by atoms with Crippen molar-refractivity contribution in [2.45, 2.75) is 13.3 Å². The normalized spacial score (nSPS) is 10.1. The van der Waals surface area contributed by atoms with Crippen molar-refractivity contribution in [1.82, 2.24) is 0 Å². The molecule has 0 aliphatic heterocycles. The minimum atomic E-state index is 0.498. The fourth-order valence-electron chi connectivity index (χ4n) is 1.27. The second-order valence-electron chi connectivity index (χ2n) is 3.15. The Hall–Kier alpha value is -1.93. The van der Waals surface area contributed by atoms with Crippen LogP contribution in [0.1, 0.15) is 18.9 Å². The van der Waals surface area contributed by atoms with Gasteiger partial charge in [0.05, 0.1) is 6.61 Å². The van der Waals surface area contributed by atoms with Gasteiger partial charge in [-0.1, -0.05) is 29.4 Å². The summed E-state index contributed by atoms with van der Waals surface area (Å²) in [5, 5.41) is 3.45. The predicted octanol–water partition coefficient (Wildman–Crippen LogP) is 3.80. The van der Waals surface area contributed by atoms with Gasteiger partial charge < -0.3 is 4.74 Å². The first-order valence-corrected chi connectivity index (χ1v) is 5.27. The number of ether oxygens (including phenoxy) is 1. The van der Waals surface area contributed by atoms with Crippen molar-refractivity contribution in [1.29, 1.82) is 0 Å². The molecule has 16 heavy (non-hydrogen) atoms. The minimum Gasteiger partial charge on any atom is -0.494 e. The molecule has 0 radical (unpaired) electrons. The van der Waals surface area contributed by atoms with Crippen LogP contribution in [0.15, 0.2) is 35.5 Å². The summed E-state index contributed by atoms with van der Waals surface area (Å²) in [5.41, 5.74) is 9.19. The van der Waals surface area contributed by atoms with Gasteiger partial charge in [0.15, 0.2) is 0 Å². The van der Waals surface area contributed by atoms with Crippen molar-refractivity contribution in [3.63, 3.8) is 0 Å². The Morgan fingerprint density at radius 1 is 1.50 bits per heavy atom. The largest absolute Gasteiger partial charge is 0.494 e. The molecule has 1 aromatic rings. The summed E-state index contributed by atoms with van der Waals surface area (Å²) in [7, 11) is 0. The zero-order valence-corrected chi connectivity index (χ0v) is 9.34. The standard InChI is InChI=1S/C12H15N3O/c1-2-16-12-8-5-7-11(10-12)6-3-4-9-14-15-13/h3,5-8,10H,2,4,9H2,1H3. The molecule has 0 fully saturated rings. The van der Waals surface area contributed by atoms with Gasteiger partial charge in [-0.2, -0.15) is 0 Å². The fraction of sp³-hybridized carbons (Fsp3) is 0.333. The number of rotatable bonds is 6. The molecule has 0 saturated heterocycles. The maximum absolute atomic E-state index is 8.10. The third-order valence-corrected chi connectivity index (χ3v) is 1.94. The molecule has 0 aromatic heterocycles. The summed E-state index contributed by atoms with van der Waals surface area (Å²) in [4.78, 5) is 2.69. The lowest BCUT2D eigenvalue weighted by Gasteiger charge is -2.02. The van der Waals surface area contributed by atoms with Crippen LogP contribution in [0.3, 0.4) is 0 Å². The van der Waals surface area contributed by atoms with Crippen LogP contribution in [0.5, 0.6) is 5.75 Å². The summed E-state index contributed by atoms with van der Waals surface area (Å²) in [6.45, 7) is 3.13. The lowest BCUT2D eigenvalue weighted by molar-refractivity contribution is 0.340. The van der Waals surface area contributed by atoms with E-state index < -0.39 is 0 Å². The van der Waals surface area contributed by atoms with E-state index in [-0.39, 0.29) is 0 Å². The van der Waals surface area contributed by atoms with Crippen LogP contribution in [0, 0.1) is 0 Å². The fourth-order valence-corrected chi connectivity index (χ4v) is 1.27. The maximum Gasteiger partial charge on any atom is 0.119 e. The molecule has 0 unspecified atom stereocenters. The molecule has 0 atom stereocenters. The number of benzene rings is 1. The van der Waals surface area contributed by atoms with E-state index in [9.17, 15) is 0 Å². The number of azide groups is 1. The smallest absolute Gasteiger partial charge is 0.119 e. The molecule has 0 saturated carbocycles. The topological polar surface area (TPSA) is 58.0 Å². The molecular weight excluding hydrogens is 202 g/mol. The van der Waals surface area contributed by atoms with Gasteiger partial charge in [-0.25, -0.2) is 0 Å². The van der Waals surface area contributed by atoms with Gasteiger partial charge >= 0.3 is 0 Å². The highest BCUT2D eigenvalue weighted by atomic mass is 16.5. The Morgan fingerprint density at radius 2 is 2.38 bits per heavy atom. The van der Waals surface area contributed by atoms with Crippen molar-refractivity contribution in [2.75, 3.05) is 13.2 Å². The van der Waals surface area contributed by atoms with E-state index in [0.29, 0.717) is 13.2 Å². The van der Waals surface area contributed by atoms with E-state index in [4.69, 9.17) is 10.3 Å². The van der Waals surface area contributed by atoms with Gasteiger partial charge in [-0.3, -0.25) is 0 Å². The second kappa shape index (κ2) is 7.37. The molecule has 0 spiro atoms. The number of hydrogen-bond acceptors (Lipinski definition) is 2. The van der Waals surface area contributed by atoms with Crippen LogP contribution < -0.4 is 4.74 Å². The Labute approximate surface area is 95.2 Å². The van der Waals surface area contributed by atoms with Crippen molar-refractivity contribution < 1.29 is 4.74 Å². The van der Waals surface area contributed by atoms with E-state index in [1.165, 1.54) is 0 Å². The molecule has 84 valence electrons. The van der Waals surface area contributed by atoms with Crippen LogP contribution in [-0.4, -0.2) is 13.2 Å². The SMILES string of the molecule is CCOc1cccc(C=CCCN=[N+]=[N-])c1. The molecule has 0 aliphatic rings. The van der Waals surface area contributed by atoms with Crippen LogP contribution in [0.25, 0.3) is 16.5 Å². The molecule has 0 N–H and O–H groups in total. The van der Waals surface area contributed by atoms with Gasteiger partial charge in [0.1, 0.15) is 5.75 Å². The zero-order chi connectivity index (χ0) is 11.6. The maximum atomic E-state index is 8.10. The van der Waals surface area contributed by atoms with Gasteiger partial charge in [-0.15, -0.1) is 0 Å². The third kappa shape index (κ3) is 4.53. The van der Waals surface area contributed by atoms with Crippen LogP contribution >= 0.6 is 0 Å². The number of hydrogen-bond donors (Lipinski definition) is 0. The van der Waals surface area contributed by atoms with Crippen molar-refractivity contribution >= 4 is 6.08 Å². The first-order valence-electron chi connectivity index (χ1n) is 5.27. The van der Waals surface area contributed by atoms with Crippen molar-refractivity contribution in [3.8, 4) is 5.75 Å². The van der Waals surface area contributed by atoms with Gasteiger partial charge in [-0.05, 0) is 36.6 Å². The summed E-state index contributed by atoms with van der Waals surface area (Å²) in [6.07, 6.45) is 4.73. The molecule has 0 heterocycles. The monoisotopic (exact) mass is 217 g/mol. The molecule has 4 heteroatoms. The van der Waals surface area contributed by atoms with Crippen LogP contribution in [0.4, 0.5) is 0 Å². The Bertz CT molecular complexity index is 395. The van der Waals surface area contributed by atoms with E-state index in [2.05, 4.69) is 10.0 Å². The van der Waals surface area contributed by atoms with E-state index in [1.54, 1.807) is 0 Å². The molecular formula is C12H15N3O. The highest BCUT2D eigenvalue weighted by Crippen LogP contribution is 2.14. The Kier molecular flexibility index (Phi) is 5.59. The highest BCUT2D eigenvalue weighted by molar-refractivity contribution is 5.51. The first kappa shape index (κ1) is 12.1. The molecule has 1 rings (SSSR count). The van der Waals surface area contributed by atoms with Crippen molar-refractivity contribution in [3.05, 3.63) is 46.3 Å². The predicted molar refractivity (Wildman–Crippen MR) is 65.3 cm³/mol. The summed E-state index contributed by atoms with van der Waals surface area (Å²) < 4.78 is 5.39. The van der Waals surface area contributed by atoms with Gasteiger partial charge in [0.2, 0.25) is 0 Å². The molecule has 1 aromatic carbocycles. The van der Waals surface area contributed by atoms with E-state index >= 15 is 0 Å². The number of nitrogens with zero attached hydrogens (tertiary/aromatic N) is 3. The lowest BCUT2D eigenvalue weighted by Crippen LogP contribution is -1.90. The summed E-state index contributed by atoms with van der Waals surface area (Å²) >= 11 is 0. The Balaban J connectivity index is 2.52. The van der Waals surface area contributed by atoms with E-state index in [1.807, 2.05) is 43.3 Å². The average Bonchev–Trinajstić information content (AvgIpc) is 2.30. The van der Waals surface area contributed by atoms with Gasteiger partial charge in [0, 0.05) is 11.5 Å².